The highest BCUT2D eigenvalue weighted by molar-refractivity contribution is 7.91. The van der Waals surface area contributed by atoms with E-state index in [1.165, 1.54) is 0 Å². The predicted octanol–water partition coefficient (Wildman–Crippen LogP) is 1.69. The van der Waals surface area contributed by atoms with Gasteiger partial charge in [0, 0.05) is 45.1 Å². The first-order chi connectivity index (χ1) is 12.0. The number of hydrogen-bond acceptors (Lipinski definition) is 6. The number of aromatic nitrogens is 2. The average Bonchev–Trinajstić information content (AvgIpc) is 2.63. The van der Waals surface area contributed by atoms with Crippen LogP contribution in [-0.2, 0) is 9.84 Å². The number of rotatable bonds is 5. The van der Waals surface area contributed by atoms with Crippen molar-refractivity contribution < 1.29 is 8.42 Å². The van der Waals surface area contributed by atoms with Gasteiger partial charge in [-0.3, -0.25) is 9.88 Å². The Balaban J connectivity index is 1.57. The van der Waals surface area contributed by atoms with Gasteiger partial charge in [0.05, 0.1) is 16.8 Å². The molecule has 3 rings (SSSR count). The van der Waals surface area contributed by atoms with Crippen molar-refractivity contribution in [1.29, 1.82) is 0 Å². The van der Waals surface area contributed by atoms with Gasteiger partial charge in [-0.2, -0.15) is 0 Å². The number of hydrogen-bond donors (Lipinski definition) is 0. The van der Waals surface area contributed by atoms with Gasteiger partial charge in [0.15, 0.2) is 9.84 Å². The van der Waals surface area contributed by atoms with E-state index in [9.17, 15) is 8.42 Å². The van der Waals surface area contributed by atoms with Crippen molar-refractivity contribution in [3.8, 4) is 0 Å². The summed E-state index contributed by atoms with van der Waals surface area (Å²) >= 11 is 0. The number of anilines is 1. The Bertz CT molecular complexity index is 816. The van der Waals surface area contributed by atoms with Gasteiger partial charge in [0.25, 0.3) is 0 Å². The Labute approximate surface area is 149 Å². The Morgan fingerprint density at radius 1 is 1.08 bits per heavy atom. The van der Waals surface area contributed by atoms with Gasteiger partial charge in [0.1, 0.15) is 5.82 Å². The van der Waals surface area contributed by atoms with E-state index in [2.05, 4.69) is 19.8 Å². The fourth-order valence-electron chi connectivity index (χ4n) is 3.06. The predicted molar refractivity (Wildman–Crippen MR) is 98.7 cm³/mol. The molecule has 0 N–H and O–H groups in total. The molecule has 0 bridgehead atoms. The second-order valence-electron chi connectivity index (χ2n) is 6.48. The van der Waals surface area contributed by atoms with Gasteiger partial charge in [0.2, 0.25) is 0 Å². The van der Waals surface area contributed by atoms with E-state index >= 15 is 0 Å². The maximum Gasteiger partial charge on any atom is 0.179 e. The average molecular weight is 360 g/mol. The Morgan fingerprint density at radius 3 is 2.52 bits per heavy atom. The first kappa shape index (κ1) is 17.8. The number of sulfone groups is 1. The van der Waals surface area contributed by atoms with Gasteiger partial charge in [-0.25, -0.2) is 13.4 Å². The second-order valence-corrected chi connectivity index (χ2v) is 8.56. The highest BCUT2D eigenvalue weighted by atomic mass is 32.2. The Kier molecular flexibility index (Phi) is 5.34. The zero-order chi connectivity index (χ0) is 17.9. The van der Waals surface area contributed by atoms with Crippen molar-refractivity contribution in [1.82, 2.24) is 14.9 Å². The smallest absolute Gasteiger partial charge is 0.179 e. The third-order valence-corrected chi connectivity index (χ3v) is 6.43. The van der Waals surface area contributed by atoms with E-state index in [0.717, 1.165) is 43.1 Å². The van der Waals surface area contributed by atoms with E-state index in [4.69, 9.17) is 0 Å². The lowest BCUT2D eigenvalue weighted by atomic mass is 10.2. The zero-order valence-corrected chi connectivity index (χ0v) is 15.5. The molecule has 7 heteroatoms. The molecule has 2 aromatic rings. The first-order valence-electron chi connectivity index (χ1n) is 8.49. The van der Waals surface area contributed by atoms with Crippen LogP contribution < -0.4 is 4.90 Å². The van der Waals surface area contributed by atoms with E-state index in [-0.39, 0.29) is 5.75 Å². The molecule has 1 saturated heterocycles. The summed E-state index contributed by atoms with van der Waals surface area (Å²) in [6, 6.07) is 5.60. The highest BCUT2D eigenvalue weighted by Gasteiger charge is 2.22. The van der Waals surface area contributed by atoms with Crippen LogP contribution in [0.25, 0.3) is 0 Å². The monoisotopic (exact) mass is 360 g/mol. The van der Waals surface area contributed by atoms with Crippen molar-refractivity contribution in [3.05, 3.63) is 47.9 Å². The Hall–Kier alpha value is -1.99. The highest BCUT2D eigenvalue weighted by Crippen LogP contribution is 2.19. The molecular weight excluding hydrogens is 336 g/mol. The molecule has 0 radical (unpaired) electrons. The number of piperazine rings is 1. The molecule has 0 saturated carbocycles. The third-order valence-electron chi connectivity index (χ3n) is 4.60. The summed E-state index contributed by atoms with van der Waals surface area (Å²) in [5, 5.41) is 0. The molecule has 0 spiro atoms. The van der Waals surface area contributed by atoms with Crippen LogP contribution in [0.15, 0.2) is 41.7 Å². The molecule has 1 aliphatic heterocycles. The minimum absolute atomic E-state index is 0.155. The topological polar surface area (TPSA) is 66.4 Å². The summed E-state index contributed by atoms with van der Waals surface area (Å²) in [6.45, 7) is 7.67. The summed E-state index contributed by atoms with van der Waals surface area (Å²) in [5.41, 5.74) is 1.79. The maximum absolute atomic E-state index is 12.7. The van der Waals surface area contributed by atoms with Gasteiger partial charge >= 0.3 is 0 Å². The third kappa shape index (κ3) is 4.35. The van der Waals surface area contributed by atoms with Gasteiger partial charge in [-0.15, -0.1) is 0 Å². The minimum Gasteiger partial charge on any atom is -0.353 e. The molecule has 2 heterocycles. The Morgan fingerprint density at radius 2 is 1.84 bits per heavy atom. The molecule has 1 aromatic heterocycles. The van der Waals surface area contributed by atoms with E-state index < -0.39 is 9.84 Å². The summed E-state index contributed by atoms with van der Waals surface area (Å²) < 4.78 is 25.4. The standard InChI is InChI=1S/C18H24N4O2S/c1-15-3-4-16(2)17(13-15)25(23,24)12-11-21-7-9-22(10-8-21)18-14-19-5-6-20-18/h3-6,13-14H,7-12H2,1-2H3. The molecule has 0 amide bonds. The lowest BCUT2D eigenvalue weighted by molar-refractivity contribution is 0.271. The van der Waals surface area contributed by atoms with Crippen molar-refractivity contribution in [2.24, 2.45) is 0 Å². The summed E-state index contributed by atoms with van der Waals surface area (Å²) in [4.78, 5) is 13.3. The molecule has 1 aliphatic rings. The second kappa shape index (κ2) is 7.49. The van der Waals surface area contributed by atoms with Gasteiger partial charge < -0.3 is 4.90 Å². The summed E-state index contributed by atoms with van der Waals surface area (Å²) in [6.07, 6.45) is 5.12. The van der Waals surface area contributed by atoms with Crippen LogP contribution in [-0.4, -0.2) is 61.8 Å². The van der Waals surface area contributed by atoms with Crippen LogP contribution in [0.4, 0.5) is 5.82 Å². The number of benzene rings is 1. The van der Waals surface area contributed by atoms with E-state index in [1.54, 1.807) is 24.7 Å². The molecule has 134 valence electrons. The van der Waals surface area contributed by atoms with Gasteiger partial charge in [-0.1, -0.05) is 12.1 Å². The van der Waals surface area contributed by atoms with Crippen LogP contribution >= 0.6 is 0 Å². The van der Waals surface area contributed by atoms with Gasteiger partial charge in [-0.05, 0) is 31.0 Å². The van der Waals surface area contributed by atoms with Crippen molar-refractivity contribution >= 4 is 15.7 Å². The van der Waals surface area contributed by atoms with Crippen LogP contribution in [0, 0.1) is 13.8 Å². The van der Waals surface area contributed by atoms with Crippen LogP contribution in [0.5, 0.6) is 0 Å². The molecule has 1 fully saturated rings. The summed E-state index contributed by atoms with van der Waals surface area (Å²) in [5.74, 6) is 1.03. The van der Waals surface area contributed by atoms with Crippen LogP contribution in [0.3, 0.4) is 0 Å². The molecule has 0 atom stereocenters. The molecular formula is C18H24N4O2S. The molecule has 1 aromatic carbocycles. The minimum atomic E-state index is -3.26. The maximum atomic E-state index is 12.7. The molecule has 6 nitrogen and oxygen atoms in total. The molecule has 0 unspecified atom stereocenters. The number of nitrogens with zero attached hydrogens (tertiary/aromatic N) is 4. The SMILES string of the molecule is Cc1ccc(C)c(S(=O)(=O)CCN2CCN(c3cnccn3)CC2)c1. The van der Waals surface area contributed by atoms with Crippen molar-refractivity contribution in [3.63, 3.8) is 0 Å². The fraction of sp³-hybridized carbons (Fsp3) is 0.444. The lowest BCUT2D eigenvalue weighted by Crippen LogP contribution is -2.48. The quantitative estimate of drug-likeness (QED) is 0.808. The largest absolute Gasteiger partial charge is 0.353 e. The van der Waals surface area contributed by atoms with Crippen LogP contribution in [0.2, 0.25) is 0 Å². The lowest BCUT2D eigenvalue weighted by Gasteiger charge is -2.35. The van der Waals surface area contributed by atoms with E-state index in [1.807, 2.05) is 26.0 Å². The summed E-state index contributed by atoms with van der Waals surface area (Å²) in [7, 11) is -3.26. The molecule has 0 aliphatic carbocycles. The number of aryl methyl sites for hydroxylation is 2. The normalized spacial score (nSPS) is 16.2. The van der Waals surface area contributed by atoms with Crippen LogP contribution in [0.1, 0.15) is 11.1 Å². The first-order valence-corrected chi connectivity index (χ1v) is 10.1. The van der Waals surface area contributed by atoms with Crippen molar-refractivity contribution in [2.75, 3.05) is 43.4 Å². The van der Waals surface area contributed by atoms with Crippen molar-refractivity contribution in [2.45, 2.75) is 18.7 Å². The van der Waals surface area contributed by atoms with E-state index in [0.29, 0.717) is 11.4 Å². The zero-order valence-electron chi connectivity index (χ0n) is 14.7. The fourth-order valence-corrected chi connectivity index (χ4v) is 4.70. The molecule has 25 heavy (non-hydrogen) atoms.